The Kier molecular flexibility index (Phi) is 4.88. The van der Waals surface area contributed by atoms with Gasteiger partial charge in [-0.05, 0) is 75.8 Å². The molecule has 144 valence electrons. The number of carbonyl (C=O) groups is 1. The molecule has 0 aliphatic rings. The number of H-pyrrole nitrogens is 2. The molecule has 6 heteroatoms. The van der Waals surface area contributed by atoms with Gasteiger partial charge in [0.25, 0.3) is 0 Å². The Hall–Kier alpha value is -3.12. The average Bonchev–Trinajstić information content (AvgIpc) is 3.28. The van der Waals surface area contributed by atoms with Crippen molar-refractivity contribution in [3.8, 4) is 11.4 Å². The van der Waals surface area contributed by atoms with Crippen LogP contribution in [0, 0.1) is 0 Å². The number of fused-ring (bicyclic) bond motifs is 2. The van der Waals surface area contributed by atoms with Crippen molar-refractivity contribution in [2.24, 2.45) is 5.73 Å². The van der Waals surface area contributed by atoms with Gasteiger partial charge in [0.15, 0.2) is 0 Å². The van der Waals surface area contributed by atoms with Crippen LogP contribution in [0.25, 0.3) is 33.2 Å². The summed E-state index contributed by atoms with van der Waals surface area (Å²) in [4.78, 5) is 17.1. The number of nitrogens with one attached hydrogen (secondary N) is 2. The summed E-state index contributed by atoms with van der Waals surface area (Å²) in [5.74, 6) is -0.442. The predicted octanol–water partition coefficient (Wildman–Crippen LogP) is 3.69. The summed E-state index contributed by atoms with van der Waals surface area (Å²) >= 11 is 0. The number of nitrogens with zero attached hydrogens (tertiary/aromatic N) is 2. The van der Waals surface area contributed by atoms with Gasteiger partial charge in [-0.3, -0.25) is 9.89 Å². The maximum Gasteiger partial charge on any atom is 0.248 e. The second-order valence-electron chi connectivity index (χ2n) is 7.52. The lowest BCUT2D eigenvalue weighted by Crippen LogP contribution is -2.12. The van der Waals surface area contributed by atoms with E-state index in [2.05, 4.69) is 58.4 Å². The van der Waals surface area contributed by atoms with Gasteiger partial charge in [-0.15, -0.1) is 0 Å². The van der Waals surface area contributed by atoms with Crippen LogP contribution in [0.5, 0.6) is 0 Å². The number of hydrogen-bond acceptors (Lipinski definition) is 3. The van der Waals surface area contributed by atoms with Gasteiger partial charge in [0.05, 0.1) is 11.2 Å². The SMILES string of the molecule is CN(C)CCCCc1cccc2[nH]c(-c3n[nH]c4cc(C(N)=O)ccc34)cc12. The van der Waals surface area contributed by atoms with Gasteiger partial charge in [0, 0.05) is 21.9 Å². The fraction of sp³-hybridized carbons (Fsp3) is 0.273. The van der Waals surface area contributed by atoms with Gasteiger partial charge >= 0.3 is 0 Å². The van der Waals surface area contributed by atoms with Crippen LogP contribution in [-0.4, -0.2) is 46.6 Å². The number of nitrogens with two attached hydrogens (primary N) is 1. The van der Waals surface area contributed by atoms with Crippen molar-refractivity contribution >= 4 is 27.7 Å². The Bertz CT molecular complexity index is 1140. The largest absolute Gasteiger partial charge is 0.366 e. The van der Waals surface area contributed by atoms with Crippen molar-refractivity contribution < 1.29 is 4.79 Å². The van der Waals surface area contributed by atoms with Gasteiger partial charge in [-0.2, -0.15) is 5.10 Å². The molecule has 2 aromatic carbocycles. The van der Waals surface area contributed by atoms with Gasteiger partial charge in [0.2, 0.25) is 5.91 Å². The zero-order valence-electron chi connectivity index (χ0n) is 16.2. The van der Waals surface area contributed by atoms with E-state index in [1.54, 1.807) is 12.1 Å². The first-order valence-electron chi connectivity index (χ1n) is 9.56. The number of aromatic nitrogens is 3. The normalized spacial score (nSPS) is 11.7. The first-order chi connectivity index (χ1) is 13.5. The maximum atomic E-state index is 11.4. The third-order valence-electron chi connectivity index (χ3n) is 5.16. The van der Waals surface area contributed by atoms with Crippen molar-refractivity contribution in [2.45, 2.75) is 19.3 Å². The van der Waals surface area contributed by atoms with Gasteiger partial charge in [-0.25, -0.2) is 0 Å². The van der Waals surface area contributed by atoms with Crippen LogP contribution in [-0.2, 0) is 6.42 Å². The number of aryl methyl sites for hydroxylation is 1. The van der Waals surface area contributed by atoms with Gasteiger partial charge < -0.3 is 15.6 Å². The molecular weight excluding hydrogens is 350 g/mol. The van der Waals surface area contributed by atoms with E-state index in [1.807, 2.05) is 6.07 Å². The predicted molar refractivity (Wildman–Crippen MR) is 113 cm³/mol. The number of amides is 1. The second kappa shape index (κ2) is 7.48. The molecule has 4 rings (SSSR count). The molecule has 0 fully saturated rings. The van der Waals surface area contributed by atoms with Crippen LogP contribution < -0.4 is 5.73 Å². The van der Waals surface area contributed by atoms with Crippen LogP contribution in [0.1, 0.15) is 28.8 Å². The summed E-state index contributed by atoms with van der Waals surface area (Å²) in [5.41, 5.74) is 10.9. The van der Waals surface area contributed by atoms with E-state index in [-0.39, 0.29) is 0 Å². The molecule has 2 heterocycles. The van der Waals surface area contributed by atoms with Crippen LogP contribution in [0.4, 0.5) is 0 Å². The highest BCUT2D eigenvalue weighted by Crippen LogP contribution is 2.30. The lowest BCUT2D eigenvalue weighted by molar-refractivity contribution is 0.100. The maximum absolute atomic E-state index is 11.4. The number of rotatable bonds is 7. The molecule has 0 bridgehead atoms. The minimum absolute atomic E-state index is 0.442. The molecule has 4 N–H and O–H groups in total. The summed E-state index contributed by atoms with van der Waals surface area (Å²) in [6.45, 7) is 1.11. The van der Waals surface area contributed by atoms with Gasteiger partial charge in [-0.1, -0.05) is 12.1 Å². The smallest absolute Gasteiger partial charge is 0.248 e. The molecule has 0 atom stereocenters. The molecule has 0 radical (unpaired) electrons. The minimum Gasteiger partial charge on any atom is -0.366 e. The molecule has 6 nitrogen and oxygen atoms in total. The van der Waals surface area contributed by atoms with E-state index in [0.29, 0.717) is 5.56 Å². The first-order valence-corrected chi connectivity index (χ1v) is 9.56. The Labute approximate surface area is 163 Å². The highest BCUT2D eigenvalue weighted by atomic mass is 16.1. The summed E-state index contributed by atoms with van der Waals surface area (Å²) in [6, 6.07) is 14.0. The van der Waals surface area contributed by atoms with E-state index in [1.165, 1.54) is 23.8 Å². The summed E-state index contributed by atoms with van der Waals surface area (Å²) < 4.78 is 0. The molecule has 0 aliphatic carbocycles. The van der Waals surface area contributed by atoms with Crippen molar-refractivity contribution in [1.82, 2.24) is 20.1 Å². The van der Waals surface area contributed by atoms with Crippen molar-refractivity contribution in [1.29, 1.82) is 0 Å². The second-order valence-corrected chi connectivity index (χ2v) is 7.52. The Morgan fingerprint density at radius 3 is 2.71 bits per heavy atom. The van der Waals surface area contributed by atoms with E-state index < -0.39 is 5.91 Å². The number of unbranched alkanes of at least 4 members (excludes halogenated alkanes) is 1. The fourth-order valence-electron chi connectivity index (χ4n) is 3.69. The molecule has 0 spiro atoms. The number of benzene rings is 2. The Morgan fingerprint density at radius 1 is 1.07 bits per heavy atom. The Morgan fingerprint density at radius 2 is 1.93 bits per heavy atom. The monoisotopic (exact) mass is 375 g/mol. The topological polar surface area (TPSA) is 90.8 Å². The lowest BCUT2D eigenvalue weighted by atomic mass is 10.0. The zero-order chi connectivity index (χ0) is 19.7. The minimum atomic E-state index is -0.442. The molecule has 0 saturated heterocycles. The highest BCUT2D eigenvalue weighted by Gasteiger charge is 2.13. The molecule has 0 unspecified atom stereocenters. The number of hydrogen-bond donors (Lipinski definition) is 3. The van der Waals surface area contributed by atoms with Crippen molar-refractivity contribution in [3.63, 3.8) is 0 Å². The fourth-order valence-corrected chi connectivity index (χ4v) is 3.69. The molecule has 2 aromatic heterocycles. The van der Waals surface area contributed by atoms with E-state index in [4.69, 9.17) is 5.73 Å². The van der Waals surface area contributed by atoms with Crippen LogP contribution in [0.15, 0.2) is 42.5 Å². The quantitative estimate of drug-likeness (QED) is 0.430. The molecule has 1 amide bonds. The van der Waals surface area contributed by atoms with Crippen LogP contribution in [0.2, 0.25) is 0 Å². The van der Waals surface area contributed by atoms with Crippen molar-refractivity contribution in [3.05, 3.63) is 53.6 Å². The molecule has 4 aromatic rings. The van der Waals surface area contributed by atoms with Crippen LogP contribution >= 0.6 is 0 Å². The first kappa shape index (κ1) is 18.3. The third-order valence-corrected chi connectivity index (χ3v) is 5.16. The number of primary amides is 1. The summed E-state index contributed by atoms with van der Waals surface area (Å²) in [6.07, 6.45) is 3.41. The number of carbonyl (C=O) groups excluding carboxylic acids is 1. The standard InChI is InChI=1S/C22H25N5O/c1-27(2)11-4-3-6-14-7-5-8-18-17(14)13-20(24-18)21-16-10-9-15(22(23)28)12-19(16)25-26-21/h5,7-10,12-13,24H,3-4,6,11H2,1-2H3,(H2,23,28)(H,25,26). The number of aromatic amines is 2. The van der Waals surface area contributed by atoms with Gasteiger partial charge in [0.1, 0.15) is 5.69 Å². The van der Waals surface area contributed by atoms with E-state index >= 15 is 0 Å². The molecule has 0 saturated carbocycles. The molecular formula is C22H25N5O. The molecule has 0 aliphatic heterocycles. The van der Waals surface area contributed by atoms with Crippen LogP contribution in [0.3, 0.4) is 0 Å². The Balaban J connectivity index is 1.66. The van der Waals surface area contributed by atoms with Crippen molar-refractivity contribution in [2.75, 3.05) is 20.6 Å². The molecule has 28 heavy (non-hydrogen) atoms. The average molecular weight is 375 g/mol. The summed E-state index contributed by atoms with van der Waals surface area (Å²) in [5, 5.41) is 9.69. The lowest BCUT2D eigenvalue weighted by Gasteiger charge is -2.09. The van der Waals surface area contributed by atoms with E-state index in [0.717, 1.165) is 40.8 Å². The highest BCUT2D eigenvalue weighted by molar-refractivity contribution is 6.01. The summed E-state index contributed by atoms with van der Waals surface area (Å²) in [7, 11) is 4.22. The third kappa shape index (κ3) is 3.51. The zero-order valence-corrected chi connectivity index (χ0v) is 16.2. The van der Waals surface area contributed by atoms with E-state index in [9.17, 15) is 4.79 Å².